The maximum Gasteiger partial charge on any atom is 0.317 e. The second kappa shape index (κ2) is 9.00. The minimum Gasteiger partial charge on any atom is -0.480 e. The van der Waals surface area contributed by atoms with Crippen LogP contribution in [0.1, 0.15) is 40.0 Å². The number of hydrogen-bond acceptors (Lipinski definition) is 4. The van der Waals surface area contributed by atoms with Crippen LogP contribution in [-0.4, -0.2) is 71.6 Å². The third-order valence-corrected chi connectivity index (χ3v) is 3.89. The van der Waals surface area contributed by atoms with Crippen LogP contribution >= 0.6 is 0 Å². The highest BCUT2D eigenvalue weighted by atomic mass is 16.4. The lowest BCUT2D eigenvalue weighted by atomic mass is 10.0. The second-order valence-electron chi connectivity index (χ2n) is 6.08. The highest BCUT2D eigenvalue weighted by Crippen LogP contribution is 2.12. The molecule has 1 aliphatic heterocycles. The SMILES string of the molecule is CCCN(CC(=O)O)CC(=O)NC1CCN(C(C)C)CC1. The average Bonchev–Trinajstić information content (AvgIpc) is 2.38. The molecule has 1 amide bonds. The van der Waals surface area contributed by atoms with Crippen molar-refractivity contribution in [2.75, 3.05) is 32.7 Å². The highest BCUT2D eigenvalue weighted by molar-refractivity contribution is 5.79. The first-order valence-electron chi connectivity index (χ1n) is 7.90. The van der Waals surface area contributed by atoms with Crippen LogP contribution in [-0.2, 0) is 9.59 Å². The van der Waals surface area contributed by atoms with Crippen LogP contribution in [0.2, 0.25) is 0 Å². The molecule has 0 aromatic carbocycles. The van der Waals surface area contributed by atoms with Crippen LogP contribution in [0.5, 0.6) is 0 Å². The number of nitrogens with one attached hydrogen (secondary N) is 1. The molecule has 2 N–H and O–H groups in total. The zero-order chi connectivity index (χ0) is 15.8. The smallest absolute Gasteiger partial charge is 0.317 e. The fourth-order valence-electron chi connectivity index (χ4n) is 2.76. The normalized spacial score (nSPS) is 17.4. The van der Waals surface area contributed by atoms with Crippen molar-refractivity contribution in [3.05, 3.63) is 0 Å². The molecule has 21 heavy (non-hydrogen) atoms. The van der Waals surface area contributed by atoms with E-state index in [1.807, 2.05) is 6.92 Å². The van der Waals surface area contributed by atoms with Gasteiger partial charge in [0.2, 0.25) is 5.91 Å². The molecule has 0 saturated carbocycles. The summed E-state index contributed by atoms with van der Waals surface area (Å²) in [4.78, 5) is 26.9. The number of carbonyl (C=O) groups is 2. The molecule has 6 heteroatoms. The number of likely N-dealkylation sites (tertiary alicyclic amines) is 1. The number of rotatable bonds is 8. The maximum atomic E-state index is 12.0. The monoisotopic (exact) mass is 299 g/mol. The minimum absolute atomic E-state index is 0.0623. The van der Waals surface area contributed by atoms with Gasteiger partial charge in [-0.05, 0) is 39.7 Å². The molecule has 0 atom stereocenters. The summed E-state index contributed by atoms with van der Waals surface area (Å²) in [5.41, 5.74) is 0. The molecule has 1 heterocycles. The van der Waals surface area contributed by atoms with Crippen molar-refractivity contribution in [1.82, 2.24) is 15.1 Å². The van der Waals surface area contributed by atoms with Gasteiger partial charge in [0.15, 0.2) is 0 Å². The van der Waals surface area contributed by atoms with Crippen molar-refractivity contribution in [2.45, 2.75) is 52.1 Å². The third kappa shape index (κ3) is 6.91. The molecule has 0 spiro atoms. The molecule has 1 rings (SSSR count). The molecule has 1 fully saturated rings. The van der Waals surface area contributed by atoms with E-state index in [1.54, 1.807) is 4.90 Å². The lowest BCUT2D eigenvalue weighted by Crippen LogP contribution is -2.49. The lowest BCUT2D eigenvalue weighted by Gasteiger charge is -2.35. The van der Waals surface area contributed by atoms with E-state index in [2.05, 4.69) is 24.1 Å². The van der Waals surface area contributed by atoms with Crippen molar-refractivity contribution < 1.29 is 14.7 Å². The van der Waals surface area contributed by atoms with Gasteiger partial charge in [0.25, 0.3) is 0 Å². The van der Waals surface area contributed by atoms with Crippen LogP contribution in [0.15, 0.2) is 0 Å². The van der Waals surface area contributed by atoms with Crippen molar-refractivity contribution in [1.29, 1.82) is 0 Å². The topological polar surface area (TPSA) is 72.9 Å². The van der Waals surface area contributed by atoms with Crippen LogP contribution in [0, 0.1) is 0 Å². The Hall–Kier alpha value is -1.14. The lowest BCUT2D eigenvalue weighted by molar-refractivity contribution is -0.138. The number of aliphatic carboxylic acids is 1. The molecule has 0 aliphatic carbocycles. The Balaban J connectivity index is 2.34. The van der Waals surface area contributed by atoms with Gasteiger partial charge in [-0.3, -0.25) is 14.5 Å². The molecular weight excluding hydrogens is 270 g/mol. The van der Waals surface area contributed by atoms with Gasteiger partial charge in [-0.1, -0.05) is 6.92 Å². The molecule has 0 radical (unpaired) electrons. The Labute approximate surface area is 127 Å². The van der Waals surface area contributed by atoms with Crippen molar-refractivity contribution >= 4 is 11.9 Å². The zero-order valence-electron chi connectivity index (χ0n) is 13.5. The Kier molecular flexibility index (Phi) is 7.67. The molecular formula is C15H29N3O3. The third-order valence-electron chi connectivity index (χ3n) is 3.89. The zero-order valence-corrected chi connectivity index (χ0v) is 13.5. The summed E-state index contributed by atoms with van der Waals surface area (Å²) < 4.78 is 0. The summed E-state index contributed by atoms with van der Waals surface area (Å²) in [6.07, 6.45) is 2.78. The summed E-state index contributed by atoms with van der Waals surface area (Å²) >= 11 is 0. The van der Waals surface area contributed by atoms with Gasteiger partial charge in [0, 0.05) is 25.2 Å². The van der Waals surface area contributed by atoms with Crippen molar-refractivity contribution in [3.8, 4) is 0 Å². The maximum absolute atomic E-state index is 12.0. The van der Waals surface area contributed by atoms with E-state index >= 15 is 0 Å². The van der Waals surface area contributed by atoms with E-state index in [0.717, 1.165) is 32.4 Å². The van der Waals surface area contributed by atoms with Gasteiger partial charge in [0.1, 0.15) is 0 Å². The minimum atomic E-state index is -0.888. The Morgan fingerprint density at radius 3 is 2.38 bits per heavy atom. The molecule has 6 nitrogen and oxygen atoms in total. The van der Waals surface area contributed by atoms with E-state index in [4.69, 9.17) is 5.11 Å². The number of amides is 1. The number of hydrogen-bond donors (Lipinski definition) is 2. The van der Waals surface area contributed by atoms with Gasteiger partial charge in [-0.15, -0.1) is 0 Å². The van der Waals surface area contributed by atoms with Gasteiger partial charge < -0.3 is 15.3 Å². The predicted octanol–water partition coefficient (Wildman–Crippen LogP) is 0.772. The van der Waals surface area contributed by atoms with Gasteiger partial charge in [-0.2, -0.15) is 0 Å². The van der Waals surface area contributed by atoms with Gasteiger partial charge in [-0.25, -0.2) is 0 Å². The van der Waals surface area contributed by atoms with Gasteiger partial charge >= 0.3 is 5.97 Å². The summed E-state index contributed by atoms with van der Waals surface area (Å²) in [6.45, 7) is 9.10. The summed E-state index contributed by atoms with van der Waals surface area (Å²) in [5.74, 6) is -0.950. The predicted molar refractivity (Wildman–Crippen MR) is 82.2 cm³/mol. The number of carbonyl (C=O) groups excluding carboxylic acids is 1. The molecule has 0 aromatic heterocycles. The molecule has 1 aliphatic rings. The van der Waals surface area contributed by atoms with E-state index in [9.17, 15) is 9.59 Å². The second-order valence-corrected chi connectivity index (χ2v) is 6.08. The average molecular weight is 299 g/mol. The van der Waals surface area contributed by atoms with Crippen LogP contribution < -0.4 is 5.32 Å². The first-order chi connectivity index (χ1) is 9.92. The highest BCUT2D eigenvalue weighted by Gasteiger charge is 2.22. The molecule has 0 unspecified atom stereocenters. The molecule has 1 saturated heterocycles. The van der Waals surface area contributed by atoms with E-state index < -0.39 is 5.97 Å². The van der Waals surface area contributed by atoms with E-state index in [-0.39, 0.29) is 25.0 Å². The Bertz CT molecular complexity index is 339. The standard InChI is InChI=1S/C15H29N3O3/c1-4-7-17(11-15(20)21)10-14(19)16-13-5-8-18(9-6-13)12(2)3/h12-13H,4-11H2,1-3H3,(H,16,19)(H,20,21). The Morgan fingerprint density at radius 1 is 1.29 bits per heavy atom. The number of carboxylic acid groups (broad SMARTS) is 1. The summed E-state index contributed by atoms with van der Waals surface area (Å²) in [6, 6.07) is 0.776. The summed E-state index contributed by atoms with van der Waals surface area (Å²) in [5, 5.41) is 11.9. The summed E-state index contributed by atoms with van der Waals surface area (Å²) in [7, 11) is 0. The van der Waals surface area contributed by atoms with Crippen LogP contribution in [0.4, 0.5) is 0 Å². The number of nitrogens with zero attached hydrogens (tertiary/aromatic N) is 2. The largest absolute Gasteiger partial charge is 0.480 e. The first-order valence-corrected chi connectivity index (χ1v) is 7.90. The number of piperidine rings is 1. The quantitative estimate of drug-likeness (QED) is 0.693. The molecule has 0 bridgehead atoms. The van der Waals surface area contributed by atoms with E-state index in [0.29, 0.717) is 12.6 Å². The van der Waals surface area contributed by atoms with Crippen molar-refractivity contribution in [2.24, 2.45) is 0 Å². The first kappa shape index (κ1) is 17.9. The Morgan fingerprint density at radius 2 is 1.90 bits per heavy atom. The fourth-order valence-corrected chi connectivity index (χ4v) is 2.76. The van der Waals surface area contributed by atoms with Crippen LogP contribution in [0.25, 0.3) is 0 Å². The van der Waals surface area contributed by atoms with Gasteiger partial charge in [0.05, 0.1) is 13.1 Å². The molecule has 0 aromatic rings. The van der Waals surface area contributed by atoms with E-state index in [1.165, 1.54) is 0 Å². The molecule has 122 valence electrons. The van der Waals surface area contributed by atoms with Crippen LogP contribution in [0.3, 0.4) is 0 Å². The van der Waals surface area contributed by atoms with Crippen molar-refractivity contribution in [3.63, 3.8) is 0 Å². The number of carboxylic acids is 1. The fraction of sp³-hybridized carbons (Fsp3) is 0.867.